The Labute approximate surface area is 128 Å². The fraction of sp³-hybridized carbons (Fsp3) is 0.235. The molecule has 2 aromatic carbocycles. The van der Waals surface area contributed by atoms with Gasteiger partial charge in [-0.05, 0) is 35.2 Å². The number of rotatable bonds is 3. The highest BCUT2D eigenvalue weighted by Gasteiger charge is 2.25. The van der Waals surface area contributed by atoms with Gasteiger partial charge in [-0.25, -0.2) is 0 Å². The number of benzene rings is 2. The van der Waals surface area contributed by atoms with Gasteiger partial charge in [-0.3, -0.25) is 4.79 Å². The van der Waals surface area contributed by atoms with Crippen LogP contribution in [0.3, 0.4) is 0 Å². The van der Waals surface area contributed by atoms with Crippen molar-refractivity contribution in [2.24, 2.45) is 0 Å². The van der Waals surface area contributed by atoms with Gasteiger partial charge >= 0.3 is 5.97 Å². The maximum Gasteiger partial charge on any atom is 0.323 e. The van der Waals surface area contributed by atoms with Gasteiger partial charge in [-0.1, -0.05) is 48.0 Å². The van der Waals surface area contributed by atoms with E-state index >= 15 is 0 Å². The van der Waals surface area contributed by atoms with Crippen molar-refractivity contribution >= 4 is 17.6 Å². The van der Waals surface area contributed by atoms with Gasteiger partial charge < -0.3 is 10.1 Å². The summed E-state index contributed by atoms with van der Waals surface area (Å²) in [4.78, 5) is 12.1. The summed E-state index contributed by atoms with van der Waals surface area (Å²) in [6.45, 7) is 0.979. The maximum absolute atomic E-state index is 12.1. The average molecular weight is 302 g/mol. The molecule has 3 rings (SSSR count). The highest BCUT2D eigenvalue weighted by atomic mass is 35.5. The minimum Gasteiger partial charge on any atom is -0.460 e. The first-order valence-electron chi connectivity index (χ1n) is 6.93. The van der Waals surface area contributed by atoms with E-state index < -0.39 is 0 Å². The molecule has 2 aromatic rings. The summed E-state index contributed by atoms with van der Waals surface area (Å²) in [5.74, 6) is -0.209. The fourth-order valence-corrected chi connectivity index (χ4v) is 2.58. The van der Waals surface area contributed by atoms with E-state index in [1.165, 1.54) is 11.1 Å². The molecule has 0 bridgehead atoms. The lowest BCUT2D eigenvalue weighted by molar-refractivity contribution is -0.147. The number of fused-ring (bicyclic) bond motifs is 1. The number of ether oxygens (including phenoxy) is 1. The molecule has 0 aliphatic carbocycles. The third-order valence-corrected chi connectivity index (χ3v) is 3.91. The van der Waals surface area contributed by atoms with E-state index in [9.17, 15) is 4.79 Å². The van der Waals surface area contributed by atoms with Crippen LogP contribution in [0.15, 0.2) is 48.5 Å². The Balaban J connectivity index is 1.58. The maximum atomic E-state index is 12.1. The second-order valence-corrected chi connectivity index (χ2v) is 5.58. The fourth-order valence-electron chi connectivity index (χ4n) is 2.46. The molecule has 0 aromatic heterocycles. The molecule has 1 aliphatic rings. The van der Waals surface area contributed by atoms with Crippen molar-refractivity contribution in [1.82, 2.24) is 5.32 Å². The number of hydrogen-bond donors (Lipinski definition) is 1. The van der Waals surface area contributed by atoms with Crippen LogP contribution in [0.4, 0.5) is 0 Å². The van der Waals surface area contributed by atoms with Crippen LogP contribution >= 0.6 is 11.6 Å². The van der Waals surface area contributed by atoms with E-state index in [2.05, 4.69) is 17.4 Å². The molecular weight excluding hydrogens is 286 g/mol. The Bertz CT molecular complexity index is 639. The Morgan fingerprint density at radius 2 is 1.86 bits per heavy atom. The molecule has 0 saturated carbocycles. The van der Waals surface area contributed by atoms with E-state index in [-0.39, 0.29) is 18.6 Å². The molecule has 1 aliphatic heterocycles. The van der Waals surface area contributed by atoms with E-state index in [1.807, 2.05) is 24.3 Å². The Morgan fingerprint density at radius 1 is 1.14 bits per heavy atom. The number of carbonyl (C=O) groups excluding carboxylic acids is 1. The van der Waals surface area contributed by atoms with E-state index in [1.54, 1.807) is 12.1 Å². The first kappa shape index (κ1) is 14.1. The second-order valence-electron chi connectivity index (χ2n) is 5.14. The summed E-state index contributed by atoms with van der Waals surface area (Å²) in [5, 5.41) is 3.90. The monoisotopic (exact) mass is 301 g/mol. The van der Waals surface area contributed by atoms with Crippen LogP contribution in [-0.2, 0) is 29.1 Å². The van der Waals surface area contributed by atoms with Gasteiger partial charge in [-0.2, -0.15) is 0 Å². The van der Waals surface area contributed by atoms with Gasteiger partial charge in [0.15, 0.2) is 0 Å². The van der Waals surface area contributed by atoms with E-state index in [0.29, 0.717) is 18.0 Å². The molecule has 0 radical (unpaired) electrons. The molecule has 1 unspecified atom stereocenters. The topological polar surface area (TPSA) is 38.3 Å². The van der Waals surface area contributed by atoms with Crippen LogP contribution in [0.5, 0.6) is 0 Å². The normalized spacial score (nSPS) is 17.1. The number of hydrogen-bond acceptors (Lipinski definition) is 3. The van der Waals surface area contributed by atoms with Crippen molar-refractivity contribution < 1.29 is 9.53 Å². The molecule has 21 heavy (non-hydrogen) atoms. The zero-order chi connectivity index (χ0) is 14.7. The minimum atomic E-state index is -0.271. The highest BCUT2D eigenvalue weighted by Crippen LogP contribution is 2.17. The summed E-state index contributed by atoms with van der Waals surface area (Å²) < 4.78 is 5.38. The SMILES string of the molecule is O=C(OCc1ccc(Cl)cc1)C1Cc2ccccc2CN1. The lowest BCUT2D eigenvalue weighted by Gasteiger charge is -2.24. The van der Waals surface area contributed by atoms with Crippen molar-refractivity contribution in [2.75, 3.05) is 0 Å². The standard InChI is InChI=1S/C17H16ClNO2/c18-15-7-5-12(6-8-15)11-21-17(20)16-9-13-3-1-2-4-14(13)10-19-16/h1-8,16,19H,9-11H2. The van der Waals surface area contributed by atoms with Crippen molar-refractivity contribution in [3.05, 3.63) is 70.2 Å². The first-order valence-corrected chi connectivity index (χ1v) is 7.31. The molecule has 1 atom stereocenters. The van der Waals surface area contributed by atoms with Crippen LogP contribution in [0.2, 0.25) is 5.02 Å². The van der Waals surface area contributed by atoms with E-state index in [0.717, 1.165) is 5.56 Å². The Kier molecular flexibility index (Phi) is 4.23. The van der Waals surface area contributed by atoms with Crippen LogP contribution in [0.25, 0.3) is 0 Å². The highest BCUT2D eigenvalue weighted by molar-refractivity contribution is 6.30. The van der Waals surface area contributed by atoms with Gasteiger partial charge in [0.1, 0.15) is 12.6 Å². The molecular formula is C17H16ClNO2. The molecule has 4 heteroatoms. The van der Waals surface area contributed by atoms with Gasteiger partial charge in [0, 0.05) is 11.6 Å². The average Bonchev–Trinajstić information content (AvgIpc) is 2.53. The molecule has 0 saturated heterocycles. The van der Waals surface area contributed by atoms with Gasteiger partial charge in [0.05, 0.1) is 0 Å². The van der Waals surface area contributed by atoms with Crippen molar-refractivity contribution in [3.63, 3.8) is 0 Å². The molecule has 108 valence electrons. The summed E-state index contributed by atoms with van der Waals surface area (Å²) in [6, 6.07) is 15.2. The molecule has 0 amide bonds. The second kappa shape index (κ2) is 6.29. The molecule has 1 heterocycles. The largest absolute Gasteiger partial charge is 0.460 e. The van der Waals surface area contributed by atoms with Gasteiger partial charge in [0.2, 0.25) is 0 Å². The van der Waals surface area contributed by atoms with Gasteiger partial charge in [-0.15, -0.1) is 0 Å². The number of nitrogens with one attached hydrogen (secondary N) is 1. The number of esters is 1. The minimum absolute atomic E-state index is 0.209. The summed E-state index contributed by atoms with van der Waals surface area (Å²) in [6.07, 6.45) is 0.676. The zero-order valence-electron chi connectivity index (χ0n) is 11.5. The quantitative estimate of drug-likeness (QED) is 0.885. The third-order valence-electron chi connectivity index (χ3n) is 3.66. The van der Waals surface area contributed by atoms with Gasteiger partial charge in [0.25, 0.3) is 0 Å². The van der Waals surface area contributed by atoms with E-state index in [4.69, 9.17) is 16.3 Å². The molecule has 1 N–H and O–H groups in total. The lowest BCUT2D eigenvalue weighted by atomic mass is 9.96. The van der Waals surface area contributed by atoms with Crippen molar-refractivity contribution in [2.45, 2.75) is 25.6 Å². The summed E-state index contributed by atoms with van der Waals surface area (Å²) >= 11 is 5.83. The number of carbonyl (C=O) groups is 1. The Hall–Kier alpha value is -1.84. The third kappa shape index (κ3) is 3.43. The molecule has 0 fully saturated rings. The zero-order valence-corrected chi connectivity index (χ0v) is 12.3. The smallest absolute Gasteiger partial charge is 0.323 e. The van der Waals surface area contributed by atoms with Crippen molar-refractivity contribution in [3.8, 4) is 0 Å². The molecule has 3 nitrogen and oxygen atoms in total. The number of halogens is 1. The first-order chi connectivity index (χ1) is 10.2. The van der Waals surface area contributed by atoms with Crippen LogP contribution in [0.1, 0.15) is 16.7 Å². The predicted octanol–water partition coefficient (Wildman–Crippen LogP) is 3.10. The van der Waals surface area contributed by atoms with Crippen LogP contribution < -0.4 is 5.32 Å². The lowest BCUT2D eigenvalue weighted by Crippen LogP contribution is -2.42. The van der Waals surface area contributed by atoms with Crippen molar-refractivity contribution in [1.29, 1.82) is 0 Å². The predicted molar refractivity (Wildman–Crippen MR) is 82.0 cm³/mol. The van der Waals surface area contributed by atoms with Crippen LogP contribution in [-0.4, -0.2) is 12.0 Å². The van der Waals surface area contributed by atoms with Crippen LogP contribution in [0, 0.1) is 0 Å². The summed E-state index contributed by atoms with van der Waals surface area (Å²) in [5.41, 5.74) is 3.40. The molecule has 0 spiro atoms. The Morgan fingerprint density at radius 3 is 2.62 bits per heavy atom. The summed E-state index contributed by atoms with van der Waals surface area (Å²) in [7, 11) is 0.